The van der Waals surface area contributed by atoms with Crippen molar-refractivity contribution in [1.82, 2.24) is 30.0 Å². The molecule has 0 spiro atoms. The molecular weight excluding hydrogens is 428 g/mol. The van der Waals surface area contributed by atoms with E-state index in [0.29, 0.717) is 11.8 Å². The smallest absolute Gasteiger partial charge is 0.245 e. The summed E-state index contributed by atoms with van der Waals surface area (Å²) in [6.07, 6.45) is 10.0. The summed E-state index contributed by atoms with van der Waals surface area (Å²) in [5, 5.41) is 10.9. The van der Waals surface area contributed by atoms with Crippen LogP contribution in [0.3, 0.4) is 0 Å². The Morgan fingerprint density at radius 2 is 1.94 bits per heavy atom. The van der Waals surface area contributed by atoms with Gasteiger partial charge in [-0.05, 0) is 63.5 Å². The minimum Gasteiger partial charge on any atom is -0.341 e. The maximum atomic E-state index is 13.3. The Labute approximate surface area is 199 Å². The van der Waals surface area contributed by atoms with Crippen LogP contribution < -0.4 is 10.2 Å². The fraction of sp³-hybridized carbons (Fsp3) is 0.480. The van der Waals surface area contributed by atoms with Crippen LogP contribution in [0.15, 0.2) is 30.5 Å². The Morgan fingerprint density at radius 1 is 1.03 bits per heavy atom. The molecule has 3 aromatic heterocycles. The minimum absolute atomic E-state index is 0.161. The Hall–Kier alpha value is -3.49. The van der Waals surface area contributed by atoms with Crippen molar-refractivity contribution in [3.63, 3.8) is 0 Å². The van der Waals surface area contributed by atoms with Crippen molar-refractivity contribution < 1.29 is 4.79 Å². The first-order valence-corrected chi connectivity index (χ1v) is 12.5. The molecule has 9 nitrogen and oxygen atoms in total. The Morgan fingerprint density at radius 3 is 2.79 bits per heavy atom. The van der Waals surface area contributed by atoms with Crippen LogP contribution in [-0.4, -0.2) is 61.6 Å². The van der Waals surface area contributed by atoms with Gasteiger partial charge in [-0.15, -0.1) is 0 Å². The zero-order valence-electron chi connectivity index (χ0n) is 19.3. The van der Waals surface area contributed by atoms with Crippen molar-refractivity contribution >= 4 is 23.5 Å². The number of aromatic amines is 1. The number of pyridine rings is 1. The molecule has 34 heavy (non-hydrogen) atoms. The van der Waals surface area contributed by atoms with Crippen LogP contribution in [-0.2, 0) is 17.6 Å². The number of fused-ring (bicyclic) bond motifs is 1. The molecule has 6 rings (SSSR count). The summed E-state index contributed by atoms with van der Waals surface area (Å²) in [6, 6.07) is 7.59. The quantitative estimate of drug-likeness (QED) is 0.603. The van der Waals surface area contributed by atoms with Crippen molar-refractivity contribution in [1.29, 1.82) is 0 Å². The standard InChI is InChI=1S/C25H30N8O/c34-24(32-13-4-1-5-14-32)21-11-7-15-33(21)25-27-18-10-6-8-17(18)23(29-25)28-22-16-20(30-31-22)19-9-2-3-12-26-19/h2-3,9,12,16,21H,1,4-8,10-11,13-15H2,(H2,27,28,29,30,31)/t21-/m1/s1. The summed E-state index contributed by atoms with van der Waals surface area (Å²) in [5.41, 5.74) is 3.93. The topological polar surface area (TPSA) is 103 Å². The van der Waals surface area contributed by atoms with Crippen LogP contribution in [0.4, 0.5) is 17.6 Å². The number of piperidine rings is 1. The van der Waals surface area contributed by atoms with Crippen LogP contribution in [0.5, 0.6) is 0 Å². The third kappa shape index (κ3) is 3.99. The number of carbonyl (C=O) groups excluding carboxylic acids is 1. The summed E-state index contributed by atoms with van der Waals surface area (Å²) in [5.74, 6) is 2.40. The number of H-pyrrole nitrogens is 1. The first-order chi connectivity index (χ1) is 16.8. The average Bonchev–Trinajstić information content (AvgIpc) is 3.65. The van der Waals surface area contributed by atoms with Crippen LogP contribution in [0.2, 0.25) is 0 Å². The number of aromatic nitrogens is 5. The third-order valence-corrected chi connectivity index (χ3v) is 7.15. The first-order valence-electron chi connectivity index (χ1n) is 12.5. The molecule has 1 aliphatic carbocycles. The van der Waals surface area contributed by atoms with Crippen molar-refractivity contribution in [3.05, 3.63) is 41.7 Å². The first kappa shape index (κ1) is 21.1. The van der Waals surface area contributed by atoms with E-state index in [9.17, 15) is 4.79 Å². The highest BCUT2D eigenvalue weighted by Crippen LogP contribution is 2.33. The highest BCUT2D eigenvalue weighted by Gasteiger charge is 2.36. The molecule has 0 radical (unpaired) electrons. The van der Waals surface area contributed by atoms with Crippen LogP contribution in [0.1, 0.15) is 49.8 Å². The molecule has 2 saturated heterocycles. The highest BCUT2D eigenvalue weighted by atomic mass is 16.2. The number of nitrogens with one attached hydrogen (secondary N) is 2. The molecule has 1 atom stereocenters. The number of hydrogen-bond acceptors (Lipinski definition) is 7. The van der Waals surface area contributed by atoms with Gasteiger partial charge in [0.1, 0.15) is 11.9 Å². The lowest BCUT2D eigenvalue weighted by molar-refractivity contribution is -0.133. The largest absolute Gasteiger partial charge is 0.341 e. The summed E-state index contributed by atoms with van der Waals surface area (Å²) in [4.78, 5) is 31.8. The van der Waals surface area contributed by atoms with Crippen molar-refractivity contribution in [2.75, 3.05) is 29.9 Å². The lowest BCUT2D eigenvalue weighted by Gasteiger charge is -2.32. The Bertz CT molecular complexity index is 1170. The average molecular weight is 459 g/mol. The second-order valence-corrected chi connectivity index (χ2v) is 9.40. The molecule has 0 aromatic carbocycles. The summed E-state index contributed by atoms with van der Waals surface area (Å²) in [7, 11) is 0. The van der Waals surface area contributed by atoms with Gasteiger partial charge in [0.15, 0.2) is 5.82 Å². The number of nitrogens with zero attached hydrogens (tertiary/aromatic N) is 6. The maximum absolute atomic E-state index is 13.3. The van der Waals surface area contributed by atoms with Crippen molar-refractivity contribution in [2.45, 2.75) is 57.4 Å². The molecule has 2 fully saturated rings. The van der Waals surface area contributed by atoms with Gasteiger partial charge in [0.2, 0.25) is 11.9 Å². The van der Waals surface area contributed by atoms with Gasteiger partial charge in [-0.25, -0.2) is 4.98 Å². The van der Waals surface area contributed by atoms with E-state index < -0.39 is 0 Å². The van der Waals surface area contributed by atoms with Crippen molar-refractivity contribution in [3.8, 4) is 11.4 Å². The van der Waals surface area contributed by atoms with Gasteiger partial charge >= 0.3 is 0 Å². The van der Waals surface area contributed by atoms with Gasteiger partial charge in [0.25, 0.3) is 0 Å². The fourth-order valence-corrected chi connectivity index (χ4v) is 5.40. The van der Waals surface area contributed by atoms with E-state index in [1.165, 1.54) is 6.42 Å². The molecule has 0 bridgehead atoms. The second-order valence-electron chi connectivity index (χ2n) is 9.40. The molecule has 3 aliphatic rings. The predicted octanol–water partition coefficient (Wildman–Crippen LogP) is 3.48. The molecule has 0 unspecified atom stereocenters. The summed E-state index contributed by atoms with van der Waals surface area (Å²) < 4.78 is 0. The van der Waals surface area contributed by atoms with E-state index in [4.69, 9.17) is 9.97 Å². The zero-order valence-corrected chi connectivity index (χ0v) is 19.3. The number of anilines is 3. The second kappa shape index (κ2) is 9.04. The molecule has 9 heteroatoms. The number of likely N-dealkylation sites (tertiary alicyclic amines) is 1. The molecule has 1 amide bonds. The van der Waals surface area contributed by atoms with E-state index in [1.54, 1.807) is 6.20 Å². The summed E-state index contributed by atoms with van der Waals surface area (Å²) in [6.45, 7) is 2.56. The minimum atomic E-state index is -0.161. The summed E-state index contributed by atoms with van der Waals surface area (Å²) >= 11 is 0. The van der Waals surface area contributed by atoms with Crippen LogP contribution in [0.25, 0.3) is 11.4 Å². The van der Waals surface area contributed by atoms with E-state index in [2.05, 4.69) is 25.4 Å². The van der Waals surface area contributed by atoms with Crippen LogP contribution in [0, 0.1) is 0 Å². The molecule has 0 saturated carbocycles. The normalized spacial score (nSPS) is 19.9. The van der Waals surface area contributed by atoms with Gasteiger partial charge in [-0.2, -0.15) is 10.1 Å². The molecule has 176 valence electrons. The third-order valence-electron chi connectivity index (χ3n) is 7.15. The van der Waals surface area contributed by atoms with E-state index in [0.717, 1.165) is 93.0 Å². The molecule has 2 aliphatic heterocycles. The van der Waals surface area contributed by atoms with Gasteiger partial charge < -0.3 is 15.1 Å². The molecule has 3 aromatic rings. The Balaban J connectivity index is 1.27. The number of rotatable bonds is 5. The number of hydrogen-bond donors (Lipinski definition) is 2. The van der Waals surface area contributed by atoms with Crippen LogP contribution >= 0.6 is 0 Å². The maximum Gasteiger partial charge on any atom is 0.245 e. The monoisotopic (exact) mass is 458 g/mol. The van der Waals surface area contributed by atoms with Gasteiger partial charge in [-0.3, -0.25) is 14.9 Å². The van der Waals surface area contributed by atoms with Gasteiger partial charge in [0.05, 0.1) is 17.1 Å². The highest BCUT2D eigenvalue weighted by molar-refractivity contribution is 5.85. The van der Waals surface area contributed by atoms with Crippen molar-refractivity contribution in [2.24, 2.45) is 0 Å². The molecule has 2 N–H and O–H groups in total. The lowest BCUT2D eigenvalue weighted by atomic mass is 10.1. The zero-order chi connectivity index (χ0) is 22.9. The van der Waals surface area contributed by atoms with Gasteiger partial charge in [-0.1, -0.05) is 6.07 Å². The SMILES string of the molecule is O=C([C@H]1CCCN1c1nc2c(c(Nc3cc(-c4ccccn4)[nH]n3)n1)CCC2)N1CCCCC1. The molecular formula is C25H30N8O. The van der Waals surface area contributed by atoms with E-state index >= 15 is 0 Å². The van der Waals surface area contributed by atoms with E-state index in [1.807, 2.05) is 29.2 Å². The number of carbonyl (C=O) groups is 1. The number of amides is 1. The van der Waals surface area contributed by atoms with Gasteiger partial charge in [0, 0.05) is 37.5 Å². The molecule has 5 heterocycles. The number of aryl methyl sites for hydroxylation is 1. The lowest BCUT2D eigenvalue weighted by Crippen LogP contribution is -2.48. The predicted molar refractivity (Wildman–Crippen MR) is 130 cm³/mol. The Kier molecular flexibility index (Phi) is 5.60. The van der Waals surface area contributed by atoms with E-state index in [-0.39, 0.29) is 11.9 Å². The fourth-order valence-electron chi connectivity index (χ4n) is 5.40.